The summed E-state index contributed by atoms with van der Waals surface area (Å²) in [7, 11) is 2.93. The molecule has 0 aliphatic carbocycles. The van der Waals surface area contributed by atoms with Gasteiger partial charge in [0.15, 0.2) is 11.5 Å². The Hall–Kier alpha value is -1.40. The molecule has 0 aromatic heterocycles. The van der Waals surface area contributed by atoms with Crippen LogP contribution in [-0.2, 0) is 0 Å². The summed E-state index contributed by atoms with van der Waals surface area (Å²) in [5.74, 6) is 0.257. The fourth-order valence-corrected chi connectivity index (χ4v) is 2.50. The van der Waals surface area contributed by atoms with Crippen molar-refractivity contribution in [3.8, 4) is 11.5 Å². The molecule has 0 amide bonds. The van der Waals surface area contributed by atoms with Gasteiger partial charge in [0, 0.05) is 37.8 Å². The first-order chi connectivity index (χ1) is 9.71. The zero-order valence-electron chi connectivity index (χ0n) is 11.8. The standard InChI is InChI=1S/C14H20F2N2O2/c1-19-13-7-10(11(16)8-14(13)20-2)12(9-15)18-5-3-17-4-6-18/h7-8,12,17H,3-6,9H2,1-2H3/t12-/m0/s1. The van der Waals surface area contributed by atoms with E-state index in [1.165, 1.54) is 26.4 Å². The molecule has 1 N–H and O–H groups in total. The summed E-state index contributed by atoms with van der Waals surface area (Å²) in [5, 5.41) is 3.20. The number of rotatable bonds is 5. The number of halogens is 2. The van der Waals surface area contributed by atoms with E-state index in [4.69, 9.17) is 9.47 Å². The van der Waals surface area contributed by atoms with Gasteiger partial charge in [0.2, 0.25) is 0 Å². The summed E-state index contributed by atoms with van der Waals surface area (Å²) in [6.45, 7) is 2.33. The normalized spacial score (nSPS) is 17.8. The number of methoxy groups -OCH3 is 2. The highest BCUT2D eigenvalue weighted by molar-refractivity contribution is 5.44. The Balaban J connectivity index is 2.33. The molecular formula is C14H20F2N2O2. The minimum absolute atomic E-state index is 0.312. The van der Waals surface area contributed by atoms with Gasteiger partial charge in [-0.15, -0.1) is 0 Å². The number of hydrogen-bond acceptors (Lipinski definition) is 4. The Kier molecular flexibility index (Phi) is 5.14. The van der Waals surface area contributed by atoms with Crippen LogP contribution in [0.2, 0.25) is 0 Å². The quantitative estimate of drug-likeness (QED) is 0.894. The smallest absolute Gasteiger partial charge is 0.163 e. The van der Waals surface area contributed by atoms with Crippen LogP contribution in [0.1, 0.15) is 11.6 Å². The molecule has 0 bridgehead atoms. The zero-order chi connectivity index (χ0) is 14.5. The molecule has 20 heavy (non-hydrogen) atoms. The van der Waals surface area contributed by atoms with Gasteiger partial charge in [-0.2, -0.15) is 0 Å². The summed E-state index contributed by atoms with van der Waals surface area (Å²) in [6, 6.07) is 2.19. The lowest BCUT2D eigenvalue weighted by molar-refractivity contribution is 0.144. The van der Waals surface area contributed by atoms with Crippen LogP contribution < -0.4 is 14.8 Å². The maximum absolute atomic E-state index is 14.2. The molecule has 0 unspecified atom stereocenters. The number of nitrogens with one attached hydrogen (secondary N) is 1. The van der Waals surface area contributed by atoms with E-state index in [0.717, 1.165) is 13.1 Å². The van der Waals surface area contributed by atoms with E-state index in [1.54, 1.807) is 0 Å². The number of ether oxygens (including phenoxy) is 2. The number of piperazine rings is 1. The van der Waals surface area contributed by atoms with Gasteiger partial charge in [0.25, 0.3) is 0 Å². The number of benzene rings is 1. The molecule has 1 aromatic carbocycles. The maximum atomic E-state index is 14.2. The minimum Gasteiger partial charge on any atom is -0.493 e. The van der Waals surface area contributed by atoms with E-state index in [1.807, 2.05) is 4.90 Å². The Morgan fingerprint density at radius 1 is 1.20 bits per heavy atom. The predicted octanol–water partition coefficient (Wildman–Crippen LogP) is 1.76. The Morgan fingerprint density at radius 2 is 1.80 bits per heavy atom. The molecule has 1 heterocycles. The van der Waals surface area contributed by atoms with Gasteiger partial charge in [-0.1, -0.05) is 0 Å². The highest BCUT2D eigenvalue weighted by Crippen LogP contribution is 2.34. The van der Waals surface area contributed by atoms with Crippen LogP contribution >= 0.6 is 0 Å². The SMILES string of the molecule is COc1cc(F)c([C@H](CF)N2CCNCC2)cc1OC. The Labute approximate surface area is 117 Å². The molecule has 1 saturated heterocycles. The van der Waals surface area contributed by atoms with Crippen LogP contribution in [0.25, 0.3) is 0 Å². The first kappa shape index (κ1) is 15.0. The van der Waals surface area contributed by atoms with Gasteiger partial charge >= 0.3 is 0 Å². The summed E-state index contributed by atoms with van der Waals surface area (Å²) in [6.07, 6.45) is 0. The first-order valence-electron chi connectivity index (χ1n) is 6.63. The largest absolute Gasteiger partial charge is 0.493 e. The predicted molar refractivity (Wildman–Crippen MR) is 72.7 cm³/mol. The highest BCUT2D eigenvalue weighted by Gasteiger charge is 2.26. The monoisotopic (exact) mass is 286 g/mol. The third kappa shape index (κ3) is 3.02. The van der Waals surface area contributed by atoms with Crippen molar-refractivity contribution >= 4 is 0 Å². The van der Waals surface area contributed by atoms with Gasteiger partial charge in [0.1, 0.15) is 12.5 Å². The molecule has 1 atom stereocenters. The van der Waals surface area contributed by atoms with Crippen LogP contribution in [0.3, 0.4) is 0 Å². The molecule has 1 aliphatic rings. The fourth-order valence-electron chi connectivity index (χ4n) is 2.50. The van der Waals surface area contributed by atoms with Crippen LogP contribution in [0.5, 0.6) is 11.5 Å². The van der Waals surface area contributed by atoms with E-state index in [0.29, 0.717) is 30.2 Å². The maximum Gasteiger partial charge on any atom is 0.163 e. The van der Waals surface area contributed by atoms with Crippen molar-refractivity contribution in [1.29, 1.82) is 0 Å². The first-order valence-corrected chi connectivity index (χ1v) is 6.63. The fraction of sp³-hybridized carbons (Fsp3) is 0.571. The lowest BCUT2D eigenvalue weighted by Gasteiger charge is -2.34. The number of alkyl halides is 1. The van der Waals surface area contributed by atoms with Gasteiger partial charge in [-0.3, -0.25) is 4.90 Å². The zero-order valence-corrected chi connectivity index (χ0v) is 11.8. The van der Waals surface area contributed by atoms with Crippen LogP contribution in [0, 0.1) is 5.82 Å². The summed E-state index contributed by atoms with van der Waals surface area (Å²) in [5.41, 5.74) is 0.312. The van der Waals surface area contributed by atoms with Gasteiger partial charge in [-0.05, 0) is 6.07 Å². The van der Waals surface area contributed by atoms with Gasteiger partial charge in [-0.25, -0.2) is 8.78 Å². The molecule has 0 radical (unpaired) electrons. The Morgan fingerprint density at radius 3 is 2.35 bits per heavy atom. The molecule has 2 rings (SSSR count). The Bertz CT molecular complexity index is 451. The van der Waals surface area contributed by atoms with Crippen LogP contribution in [-0.4, -0.2) is 52.0 Å². The van der Waals surface area contributed by atoms with E-state index in [-0.39, 0.29) is 0 Å². The number of hydrogen-bond donors (Lipinski definition) is 1. The molecule has 4 nitrogen and oxygen atoms in total. The van der Waals surface area contributed by atoms with Crippen molar-refractivity contribution in [1.82, 2.24) is 10.2 Å². The molecule has 1 aromatic rings. The summed E-state index contributed by atoms with van der Waals surface area (Å²) >= 11 is 0. The topological polar surface area (TPSA) is 33.7 Å². The second-order valence-electron chi connectivity index (χ2n) is 4.68. The van der Waals surface area contributed by atoms with Crippen LogP contribution in [0.15, 0.2) is 12.1 Å². The number of nitrogens with zero attached hydrogens (tertiary/aromatic N) is 1. The van der Waals surface area contributed by atoms with Crippen molar-refractivity contribution in [2.24, 2.45) is 0 Å². The third-order valence-corrected chi connectivity index (χ3v) is 3.60. The second-order valence-corrected chi connectivity index (χ2v) is 4.68. The van der Waals surface area contributed by atoms with Crippen molar-refractivity contribution in [3.63, 3.8) is 0 Å². The average molecular weight is 286 g/mol. The molecule has 0 spiro atoms. The lowest BCUT2D eigenvalue weighted by Crippen LogP contribution is -2.45. The van der Waals surface area contributed by atoms with Crippen molar-refractivity contribution < 1.29 is 18.3 Å². The molecule has 1 fully saturated rings. The van der Waals surface area contributed by atoms with Gasteiger partial charge < -0.3 is 14.8 Å². The minimum atomic E-state index is -0.633. The van der Waals surface area contributed by atoms with E-state index in [9.17, 15) is 8.78 Å². The molecular weight excluding hydrogens is 266 g/mol. The second kappa shape index (κ2) is 6.85. The van der Waals surface area contributed by atoms with Crippen molar-refractivity contribution in [2.45, 2.75) is 6.04 Å². The summed E-state index contributed by atoms with van der Waals surface area (Å²) in [4.78, 5) is 1.95. The molecule has 0 saturated carbocycles. The molecule has 1 aliphatic heterocycles. The molecule has 6 heteroatoms. The van der Waals surface area contributed by atoms with E-state index < -0.39 is 18.5 Å². The lowest BCUT2D eigenvalue weighted by atomic mass is 10.0. The summed E-state index contributed by atoms with van der Waals surface area (Å²) < 4.78 is 37.8. The van der Waals surface area contributed by atoms with Crippen molar-refractivity contribution in [2.75, 3.05) is 47.1 Å². The highest BCUT2D eigenvalue weighted by atomic mass is 19.1. The molecule has 112 valence electrons. The third-order valence-electron chi connectivity index (χ3n) is 3.60. The van der Waals surface area contributed by atoms with Crippen LogP contribution in [0.4, 0.5) is 8.78 Å². The van der Waals surface area contributed by atoms with Crippen molar-refractivity contribution in [3.05, 3.63) is 23.5 Å². The average Bonchev–Trinajstić information content (AvgIpc) is 2.50. The van der Waals surface area contributed by atoms with E-state index in [2.05, 4.69) is 5.32 Å². The van der Waals surface area contributed by atoms with Gasteiger partial charge in [0.05, 0.1) is 20.3 Å². The van der Waals surface area contributed by atoms with E-state index >= 15 is 0 Å².